The van der Waals surface area contributed by atoms with Crippen LogP contribution in [0, 0.1) is 0 Å². The number of nitrogens with two attached hydrogens (primary N) is 1. The number of methoxy groups -OCH3 is 1. The maximum atomic E-state index is 12.0. The first-order valence-electron chi connectivity index (χ1n) is 5.73. The smallest absolute Gasteiger partial charge is 0.328 e. The largest absolute Gasteiger partial charge is 0.467 e. The van der Waals surface area contributed by atoms with Gasteiger partial charge >= 0.3 is 5.97 Å². The van der Waals surface area contributed by atoms with E-state index in [0.29, 0.717) is 0 Å². The molecule has 0 aliphatic heterocycles. The molecule has 1 amide bonds. The van der Waals surface area contributed by atoms with Gasteiger partial charge in [-0.05, 0) is 12.5 Å². The summed E-state index contributed by atoms with van der Waals surface area (Å²) in [5.41, 5.74) is 6.44. The zero-order chi connectivity index (χ0) is 13.5. The highest BCUT2D eigenvalue weighted by Gasteiger charge is 2.23. The molecular formula is C13H18N2O3. The molecule has 2 atom stereocenters. The van der Waals surface area contributed by atoms with Crippen molar-refractivity contribution in [2.45, 2.75) is 18.9 Å². The average Bonchev–Trinajstić information content (AvgIpc) is 2.39. The molecule has 0 aliphatic carbocycles. The van der Waals surface area contributed by atoms with Gasteiger partial charge in [0.15, 0.2) is 0 Å². The molecule has 0 fully saturated rings. The zero-order valence-electron chi connectivity index (χ0n) is 10.6. The third-order valence-corrected chi connectivity index (χ3v) is 2.67. The highest BCUT2D eigenvalue weighted by atomic mass is 16.5. The van der Waals surface area contributed by atoms with Gasteiger partial charge in [0.25, 0.3) is 0 Å². The van der Waals surface area contributed by atoms with Crippen LogP contribution in [-0.4, -0.2) is 31.6 Å². The predicted octanol–water partition coefficient (Wildman–Crippen LogP) is 0.407. The molecule has 0 saturated carbocycles. The van der Waals surface area contributed by atoms with E-state index in [2.05, 4.69) is 10.1 Å². The lowest BCUT2D eigenvalue weighted by Gasteiger charge is -2.18. The molecule has 5 nitrogen and oxygen atoms in total. The van der Waals surface area contributed by atoms with Crippen LogP contribution in [-0.2, 0) is 14.3 Å². The minimum Gasteiger partial charge on any atom is -0.467 e. The number of amides is 1. The van der Waals surface area contributed by atoms with Crippen LogP contribution in [0.5, 0.6) is 0 Å². The van der Waals surface area contributed by atoms with E-state index in [1.807, 2.05) is 30.3 Å². The van der Waals surface area contributed by atoms with Gasteiger partial charge in [-0.25, -0.2) is 4.79 Å². The van der Waals surface area contributed by atoms with Crippen molar-refractivity contribution >= 4 is 11.9 Å². The second kappa shape index (κ2) is 6.76. The Morgan fingerprint density at radius 2 is 1.94 bits per heavy atom. The Morgan fingerprint density at radius 3 is 2.44 bits per heavy atom. The summed E-state index contributed by atoms with van der Waals surface area (Å²) in [4.78, 5) is 23.2. The van der Waals surface area contributed by atoms with E-state index < -0.39 is 17.9 Å². The monoisotopic (exact) mass is 250 g/mol. The van der Waals surface area contributed by atoms with Gasteiger partial charge in [-0.1, -0.05) is 30.3 Å². The van der Waals surface area contributed by atoms with Crippen LogP contribution in [0.15, 0.2) is 30.3 Å². The molecule has 0 aromatic heterocycles. The number of ether oxygens (including phenoxy) is 1. The zero-order valence-corrected chi connectivity index (χ0v) is 10.6. The van der Waals surface area contributed by atoms with Gasteiger partial charge in [0.1, 0.15) is 6.04 Å². The minimum atomic E-state index is -0.680. The van der Waals surface area contributed by atoms with Crippen LogP contribution < -0.4 is 11.1 Å². The van der Waals surface area contributed by atoms with Crippen molar-refractivity contribution in [3.8, 4) is 0 Å². The van der Waals surface area contributed by atoms with Gasteiger partial charge in [0.05, 0.1) is 13.0 Å². The summed E-state index contributed by atoms with van der Waals surface area (Å²) in [6.07, 6.45) is 0. The molecule has 3 N–H and O–H groups in total. The van der Waals surface area contributed by atoms with Crippen molar-refractivity contribution in [1.82, 2.24) is 5.32 Å². The third kappa shape index (κ3) is 3.56. The molecule has 0 radical (unpaired) electrons. The third-order valence-electron chi connectivity index (χ3n) is 2.67. The summed E-state index contributed by atoms with van der Waals surface area (Å²) in [5.74, 6) is -1.22. The van der Waals surface area contributed by atoms with Crippen molar-refractivity contribution in [2.75, 3.05) is 13.7 Å². The summed E-state index contributed by atoms with van der Waals surface area (Å²) in [7, 11) is 1.28. The van der Waals surface area contributed by atoms with E-state index >= 15 is 0 Å². The average molecular weight is 250 g/mol. The fourth-order valence-electron chi connectivity index (χ4n) is 1.63. The van der Waals surface area contributed by atoms with Gasteiger partial charge in [0, 0.05) is 6.54 Å². The Balaban J connectivity index is 2.72. The minimum absolute atomic E-state index is 0.184. The molecule has 0 saturated heterocycles. The first kappa shape index (κ1) is 14.2. The Labute approximate surface area is 106 Å². The standard InChI is InChI=1S/C13H18N2O3/c1-9(13(17)18-2)15-12(16)11(8-14)10-6-4-3-5-7-10/h3-7,9,11H,8,14H2,1-2H3,(H,15,16). The van der Waals surface area contributed by atoms with Gasteiger partial charge in [0.2, 0.25) is 5.91 Å². The number of carbonyl (C=O) groups excluding carboxylic acids is 2. The summed E-state index contributed by atoms with van der Waals surface area (Å²) < 4.78 is 4.55. The number of hydrogen-bond donors (Lipinski definition) is 2. The van der Waals surface area contributed by atoms with Crippen LogP contribution in [0.4, 0.5) is 0 Å². The Hall–Kier alpha value is -1.88. The molecule has 1 aromatic rings. The maximum Gasteiger partial charge on any atom is 0.328 e. The molecule has 0 bridgehead atoms. The van der Waals surface area contributed by atoms with E-state index in [0.717, 1.165) is 5.56 Å². The van der Waals surface area contributed by atoms with Gasteiger partial charge < -0.3 is 15.8 Å². The van der Waals surface area contributed by atoms with Crippen LogP contribution in [0.1, 0.15) is 18.4 Å². The lowest BCUT2D eigenvalue weighted by atomic mass is 9.98. The molecule has 5 heteroatoms. The summed E-state index contributed by atoms with van der Waals surface area (Å²) in [6, 6.07) is 8.54. The molecular weight excluding hydrogens is 232 g/mol. The lowest BCUT2D eigenvalue weighted by Crippen LogP contribution is -2.43. The van der Waals surface area contributed by atoms with Crippen LogP contribution in [0.2, 0.25) is 0 Å². The maximum absolute atomic E-state index is 12.0. The number of benzene rings is 1. The second-order valence-corrected chi connectivity index (χ2v) is 3.95. The van der Waals surface area contributed by atoms with Crippen molar-refractivity contribution in [2.24, 2.45) is 5.73 Å². The first-order chi connectivity index (χ1) is 8.60. The fourth-order valence-corrected chi connectivity index (χ4v) is 1.63. The summed E-state index contributed by atoms with van der Waals surface area (Å²) >= 11 is 0. The number of esters is 1. The fraction of sp³-hybridized carbons (Fsp3) is 0.385. The van der Waals surface area contributed by atoms with Crippen molar-refractivity contribution in [1.29, 1.82) is 0 Å². The van der Waals surface area contributed by atoms with Crippen molar-refractivity contribution < 1.29 is 14.3 Å². The van der Waals surface area contributed by atoms with Gasteiger partial charge in [-0.15, -0.1) is 0 Å². The highest BCUT2D eigenvalue weighted by Crippen LogP contribution is 2.14. The van der Waals surface area contributed by atoms with E-state index in [4.69, 9.17) is 5.73 Å². The number of hydrogen-bond acceptors (Lipinski definition) is 4. The first-order valence-corrected chi connectivity index (χ1v) is 5.73. The predicted molar refractivity (Wildman–Crippen MR) is 67.9 cm³/mol. The van der Waals surface area contributed by atoms with Crippen LogP contribution >= 0.6 is 0 Å². The van der Waals surface area contributed by atoms with E-state index in [1.54, 1.807) is 6.92 Å². The second-order valence-electron chi connectivity index (χ2n) is 3.95. The van der Waals surface area contributed by atoms with Crippen LogP contribution in [0.25, 0.3) is 0 Å². The molecule has 1 rings (SSSR count). The summed E-state index contributed by atoms with van der Waals surface area (Å²) in [5, 5.41) is 2.59. The Bertz CT molecular complexity index is 406. The number of carbonyl (C=O) groups is 2. The normalized spacial score (nSPS) is 13.5. The highest BCUT2D eigenvalue weighted by molar-refractivity contribution is 5.88. The molecule has 18 heavy (non-hydrogen) atoms. The molecule has 0 heterocycles. The molecule has 0 spiro atoms. The molecule has 0 aliphatic rings. The van der Waals surface area contributed by atoms with Crippen molar-refractivity contribution in [3.63, 3.8) is 0 Å². The van der Waals surface area contributed by atoms with Crippen LogP contribution in [0.3, 0.4) is 0 Å². The SMILES string of the molecule is COC(=O)C(C)NC(=O)C(CN)c1ccccc1. The van der Waals surface area contributed by atoms with Gasteiger partial charge in [-0.3, -0.25) is 4.79 Å². The van der Waals surface area contributed by atoms with Crippen molar-refractivity contribution in [3.05, 3.63) is 35.9 Å². The quantitative estimate of drug-likeness (QED) is 0.741. The molecule has 2 unspecified atom stereocenters. The lowest BCUT2D eigenvalue weighted by molar-refractivity contribution is -0.144. The van der Waals surface area contributed by atoms with E-state index in [1.165, 1.54) is 7.11 Å². The Kier molecular flexibility index (Phi) is 5.32. The van der Waals surface area contributed by atoms with Gasteiger partial charge in [-0.2, -0.15) is 0 Å². The number of rotatable bonds is 5. The van der Waals surface area contributed by atoms with E-state index in [-0.39, 0.29) is 12.5 Å². The topological polar surface area (TPSA) is 81.4 Å². The Morgan fingerprint density at radius 1 is 1.33 bits per heavy atom. The van der Waals surface area contributed by atoms with E-state index in [9.17, 15) is 9.59 Å². The molecule has 1 aromatic carbocycles. The number of nitrogens with one attached hydrogen (secondary N) is 1. The summed E-state index contributed by atoms with van der Waals surface area (Å²) in [6.45, 7) is 1.76. The molecule has 98 valence electrons.